The molecule has 0 saturated heterocycles. The average Bonchev–Trinajstić information content (AvgIpc) is 3.28. The minimum absolute atomic E-state index is 0.140. The third-order valence-electron chi connectivity index (χ3n) is 4.18. The van der Waals surface area contributed by atoms with Gasteiger partial charge >= 0.3 is 0 Å². The van der Waals surface area contributed by atoms with E-state index in [1.807, 2.05) is 13.0 Å². The molecule has 2 rings (SSSR count). The van der Waals surface area contributed by atoms with E-state index in [2.05, 4.69) is 12.2 Å². The van der Waals surface area contributed by atoms with Crippen molar-refractivity contribution in [2.45, 2.75) is 45.8 Å². The number of aliphatic hydroxyl groups excluding tert-OH is 1. The second kappa shape index (κ2) is 7.80. The van der Waals surface area contributed by atoms with E-state index in [9.17, 15) is 4.79 Å². The lowest BCUT2D eigenvalue weighted by Crippen LogP contribution is -2.39. The third kappa shape index (κ3) is 4.71. The molecule has 0 bridgehead atoms. The number of carbonyl (C=O) groups excluding carboxylic acids is 1. The fourth-order valence-electron chi connectivity index (χ4n) is 2.69. The van der Waals surface area contributed by atoms with Gasteiger partial charge in [0.2, 0.25) is 6.29 Å². The van der Waals surface area contributed by atoms with E-state index in [1.54, 1.807) is 0 Å². The van der Waals surface area contributed by atoms with Crippen LogP contribution in [0.4, 0.5) is 0 Å². The molecule has 120 valence electrons. The first-order valence-electron chi connectivity index (χ1n) is 8.04. The Labute approximate surface area is 126 Å². The summed E-state index contributed by atoms with van der Waals surface area (Å²) >= 11 is 0. The summed E-state index contributed by atoms with van der Waals surface area (Å²) in [4.78, 5) is 12.1. The Hall–Kier alpha value is -1.07. The molecule has 1 amide bonds. The highest BCUT2D eigenvalue weighted by molar-refractivity contribution is 5.91. The van der Waals surface area contributed by atoms with Crippen LogP contribution in [-0.2, 0) is 14.3 Å². The van der Waals surface area contributed by atoms with E-state index < -0.39 is 6.29 Å². The number of aliphatic hydroxyl groups is 1. The molecule has 5 heteroatoms. The highest BCUT2D eigenvalue weighted by Gasteiger charge is 2.35. The zero-order valence-corrected chi connectivity index (χ0v) is 13.0. The Kier molecular flexibility index (Phi) is 6.06. The standard InChI is InChI=1S/C16H27NO4/c1-3-20-16-13(5-4-8-18)11(2)9-14(21-16)15(19)17-10-12-6-7-12/h9,11-13,16,18H,3-8,10H2,1-2H3,(H,17,19)/t11-,13-,16+/m0/s1. The van der Waals surface area contributed by atoms with E-state index >= 15 is 0 Å². The van der Waals surface area contributed by atoms with Gasteiger partial charge in [-0.1, -0.05) is 6.92 Å². The van der Waals surface area contributed by atoms with Gasteiger partial charge in [0.1, 0.15) is 0 Å². The van der Waals surface area contributed by atoms with Crippen LogP contribution in [0.15, 0.2) is 11.8 Å². The van der Waals surface area contributed by atoms with Gasteiger partial charge in [0.15, 0.2) is 5.76 Å². The quantitative estimate of drug-likeness (QED) is 0.717. The van der Waals surface area contributed by atoms with Gasteiger partial charge in [0.05, 0.1) is 0 Å². The van der Waals surface area contributed by atoms with Gasteiger partial charge in [-0.05, 0) is 50.5 Å². The molecular formula is C16H27NO4. The summed E-state index contributed by atoms with van der Waals surface area (Å²) in [7, 11) is 0. The lowest BCUT2D eigenvalue weighted by molar-refractivity contribution is -0.171. The van der Waals surface area contributed by atoms with E-state index in [0.717, 1.165) is 19.4 Å². The van der Waals surface area contributed by atoms with Crippen LogP contribution in [0.3, 0.4) is 0 Å². The Morgan fingerprint density at radius 2 is 2.29 bits per heavy atom. The predicted octanol–water partition coefficient (Wildman–Crippen LogP) is 1.81. The molecule has 21 heavy (non-hydrogen) atoms. The number of allylic oxidation sites excluding steroid dienone is 1. The molecule has 0 spiro atoms. The van der Waals surface area contributed by atoms with Crippen LogP contribution < -0.4 is 5.32 Å². The maximum Gasteiger partial charge on any atom is 0.286 e. The van der Waals surface area contributed by atoms with E-state index in [-0.39, 0.29) is 24.3 Å². The van der Waals surface area contributed by atoms with Crippen molar-refractivity contribution < 1.29 is 19.4 Å². The maximum atomic E-state index is 12.1. The summed E-state index contributed by atoms with van der Waals surface area (Å²) < 4.78 is 11.4. The first kappa shape index (κ1) is 16.3. The first-order valence-corrected chi connectivity index (χ1v) is 8.04. The predicted molar refractivity (Wildman–Crippen MR) is 79.3 cm³/mol. The Bertz CT molecular complexity index is 378. The zero-order chi connectivity index (χ0) is 15.2. The normalized spacial score (nSPS) is 28.7. The Morgan fingerprint density at radius 1 is 1.52 bits per heavy atom. The summed E-state index contributed by atoms with van der Waals surface area (Å²) in [6, 6.07) is 0. The van der Waals surface area contributed by atoms with Crippen molar-refractivity contribution in [2.24, 2.45) is 17.8 Å². The number of hydrogen-bond donors (Lipinski definition) is 2. The zero-order valence-electron chi connectivity index (χ0n) is 13.0. The van der Waals surface area contributed by atoms with Crippen LogP contribution in [0, 0.1) is 17.8 Å². The van der Waals surface area contributed by atoms with Crippen molar-refractivity contribution >= 4 is 5.91 Å². The molecule has 2 N–H and O–H groups in total. The first-order chi connectivity index (χ1) is 10.2. The molecule has 1 heterocycles. The molecule has 1 fully saturated rings. The Balaban J connectivity index is 1.96. The summed E-state index contributed by atoms with van der Waals surface area (Å²) in [5, 5.41) is 11.9. The van der Waals surface area contributed by atoms with Crippen LogP contribution in [0.2, 0.25) is 0 Å². The molecule has 2 aliphatic rings. The van der Waals surface area contributed by atoms with Gasteiger partial charge in [0.25, 0.3) is 5.91 Å². The third-order valence-corrected chi connectivity index (χ3v) is 4.18. The highest BCUT2D eigenvalue weighted by atomic mass is 16.7. The molecule has 3 atom stereocenters. The van der Waals surface area contributed by atoms with Crippen molar-refractivity contribution in [3.8, 4) is 0 Å². The van der Waals surface area contributed by atoms with Gasteiger partial charge in [-0.2, -0.15) is 0 Å². The Morgan fingerprint density at radius 3 is 2.90 bits per heavy atom. The van der Waals surface area contributed by atoms with E-state index in [0.29, 0.717) is 18.3 Å². The van der Waals surface area contributed by atoms with Crippen molar-refractivity contribution in [3.05, 3.63) is 11.8 Å². The van der Waals surface area contributed by atoms with Crippen LogP contribution >= 0.6 is 0 Å². The number of ether oxygens (including phenoxy) is 2. The summed E-state index contributed by atoms with van der Waals surface area (Å²) in [5.74, 6) is 1.26. The lowest BCUT2D eigenvalue weighted by Gasteiger charge is -2.35. The summed E-state index contributed by atoms with van der Waals surface area (Å²) in [6.07, 6.45) is 5.46. The SMILES string of the molecule is CCO[C@@H]1OC(C(=O)NCC2CC2)=C[C@H](C)[C@@H]1CCCO. The fourth-order valence-corrected chi connectivity index (χ4v) is 2.69. The van der Waals surface area contributed by atoms with Gasteiger partial charge in [0, 0.05) is 25.7 Å². The second-order valence-electron chi connectivity index (χ2n) is 6.01. The van der Waals surface area contributed by atoms with Crippen molar-refractivity contribution in [2.75, 3.05) is 19.8 Å². The molecule has 5 nitrogen and oxygen atoms in total. The van der Waals surface area contributed by atoms with Gasteiger partial charge in [-0.3, -0.25) is 4.79 Å². The number of hydrogen-bond acceptors (Lipinski definition) is 4. The molecule has 0 aromatic carbocycles. The molecule has 1 aliphatic carbocycles. The molecule has 0 aromatic heterocycles. The van der Waals surface area contributed by atoms with Gasteiger partial charge in [-0.15, -0.1) is 0 Å². The average molecular weight is 297 g/mol. The number of nitrogens with one attached hydrogen (secondary N) is 1. The van der Waals surface area contributed by atoms with Crippen LogP contribution in [0.25, 0.3) is 0 Å². The summed E-state index contributed by atoms with van der Waals surface area (Å²) in [6.45, 7) is 5.44. The topological polar surface area (TPSA) is 67.8 Å². The fraction of sp³-hybridized carbons (Fsp3) is 0.812. The minimum atomic E-state index is -0.400. The molecule has 0 radical (unpaired) electrons. The van der Waals surface area contributed by atoms with Gasteiger partial charge in [-0.25, -0.2) is 0 Å². The monoisotopic (exact) mass is 297 g/mol. The summed E-state index contributed by atoms with van der Waals surface area (Å²) in [5.41, 5.74) is 0. The molecule has 0 unspecified atom stereocenters. The van der Waals surface area contributed by atoms with Crippen LogP contribution in [0.5, 0.6) is 0 Å². The van der Waals surface area contributed by atoms with E-state index in [4.69, 9.17) is 14.6 Å². The van der Waals surface area contributed by atoms with Crippen molar-refractivity contribution in [1.82, 2.24) is 5.32 Å². The molecule has 0 aromatic rings. The minimum Gasteiger partial charge on any atom is -0.459 e. The van der Waals surface area contributed by atoms with Crippen molar-refractivity contribution in [3.63, 3.8) is 0 Å². The molecule has 1 saturated carbocycles. The van der Waals surface area contributed by atoms with Crippen molar-refractivity contribution in [1.29, 1.82) is 0 Å². The second-order valence-corrected chi connectivity index (χ2v) is 6.01. The molecular weight excluding hydrogens is 270 g/mol. The number of carbonyl (C=O) groups is 1. The van der Waals surface area contributed by atoms with Gasteiger partial charge < -0.3 is 19.9 Å². The number of amides is 1. The number of rotatable bonds is 8. The molecule has 1 aliphatic heterocycles. The smallest absolute Gasteiger partial charge is 0.286 e. The lowest BCUT2D eigenvalue weighted by atomic mass is 9.87. The maximum absolute atomic E-state index is 12.1. The highest BCUT2D eigenvalue weighted by Crippen LogP contribution is 2.33. The van der Waals surface area contributed by atoms with Crippen LogP contribution in [0.1, 0.15) is 39.5 Å². The largest absolute Gasteiger partial charge is 0.459 e. The van der Waals surface area contributed by atoms with Crippen LogP contribution in [-0.4, -0.2) is 37.1 Å². The van der Waals surface area contributed by atoms with E-state index in [1.165, 1.54) is 12.8 Å².